The van der Waals surface area contributed by atoms with Crippen molar-refractivity contribution in [3.63, 3.8) is 0 Å². The Balaban J connectivity index is -0.0000000200. The van der Waals surface area contributed by atoms with Crippen LogP contribution in [0.25, 0.3) is 0 Å². The third-order valence-corrected chi connectivity index (χ3v) is 0. The van der Waals surface area contributed by atoms with Crippen LogP contribution < -0.4 is 4.80 Å². The fourth-order valence-corrected chi connectivity index (χ4v) is 0. The van der Waals surface area contributed by atoms with Crippen molar-refractivity contribution in [2.75, 3.05) is 0 Å². The second kappa shape index (κ2) is 30.4. The summed E-state index contributed by atoms with van der Waals surface area (Å²) < 4.78 is 0. The average Bonchev–Trinajstić information content (AvgIpc) is 0.918. The summed E-state index contributed by atoms with van der Waals surface area (Å²) in [6.07, 6.45) is 0. The molecule has 0 radical (unpaired) electrons. The fourth-order valence-electron chi connectivity index (χ4n) is 0. The molecule has 0 aliphatic rings. The highest BCUT2D eigenvalue weighted by molar-refractivity contribution is 6.20. The van der Waals surface area contributed by atoms with E-state index >= 15 is 0 Å². The van der Waals surface area contributed by atoms with E-state index in [0.717, 1.165) is 0 Å². The van der Waals surface area contributed by atoms with Gasteiger partial charge in [-0.15, -0.1) is 0 Å². The molecular formula is C3H13OSi-. The van der Waals surface area contributed by atoms with Crippen LogP contribution in [0.15, 0.2) is 0 Å². The van der Waals surface area contributed by atoms with Gasteiger partial charge in [-0.3, -0.25) is 0 Å². The number of rotatable bonds is 0. The topological polar surface area (TPSA) is 23.1 Å². The van der Waals surface area contributed by atoms with Gasteiger partial charge in [0, 0.05) is 0 Å². The highest BCUT2D eigenvalue weighted by Gasteiger charge is 1.19. The lowest BCUT2D eigenvalue weighted by molar-refractivity contribution is -0.179. The third-order valence-electron chi connectivity index (χ3n) is 0. The normalized spacial score (nSPS) is 6.00. The predicted octanol–water partition coefficient (Wildman–Crippen LogP) is -0.249. The van der Waals surface area contributed by atoms with Gasteiger partial charge in [0.1, 0.15) is 0 Å². The molecule has 0 unspecified atom stereocenters. The van der Waals surface area contributed by atoms with E-state index in [1.165, 1.54) is 0 Å². The van der Waals surface area contributed by atoms with Gasteiger partial charge < -0.3 is 4.80 Å². The zero-order valence-electron chi connectivity index (χ0n) is 2.12. The fraction of sp³-hybridized carbons (Fsp3) is 1.00. The molecule has 0 amide bonds. The second-order valence-electron chi connectivity index (χ2n) is 0.289. The quantitative estimate of drug-likeness (QED) is 0.379. The lowest BCUT2D eigenvalue weighted by atomic mass is 11.9. The van der Waals surface area contributed by atoms with Crippen LogP contribution in [0.5, 0.6) is 0 Å². The smallest absolute Gasteiger partial charge is 0.0776 e. The molecule has 0 rings (SSSR count). The molecule has 0 aliphatic carbocycles. The molecule has 0 atom stereocenters. The minimum Gasteiger partial charge on any atom is -0.863 e. The molecule has 0 aromatic rings. The van der Waals surface area contributed by atoms with Crippen LogP contribution in [0.4, 0.5) is 0 Å². The maximum atomic E-state index is 9.07. The molecule has 0 bridgehead atoms. The summed E-state index contributed by atoms with van der Waals surface area (Å²) in [5.74, 6) is 0. The molecule has 5 heavy (non-hydrogen) atoms. The van der Waals surface area contributed by atoms with Crippen LogP contribution in [-0.4, -0.2) is 9.76 Å². The molecule has 0 saturated heterocycles. The van der Waals surface area contributed by atoms with Crippen molar-refractivity contribution in [3.8, 4) is 0 Å². The Labute approximate surface area is 37.0 Å². The van der Waals surface area contributed by atoms with Gasteiger partial charge in [-0.05, 0) is 0 Å². The summed E-state index contributed by atoms with van der Waals surface area (Å²) >= 11 is 0. The Hall–Kier alpha value is 0.177. The summed E-state index contributed by atoms with van der Waals surface area (Å²) in [4.78, 5) is 9.07. The first-order valence-corrected chi connectivity index (χ1v) is 2.99. The Morgan fingerprint density at radius 1 is 1.40 bits per heavy atom. The molecule has 0 aromatic carbocycles. The van der Waals surface area contributed by atoms with E-state index in [1.54, 1.807) is 6.55 Å². The lowest BCUT2D eigenvalue weighted by Gasteiger charge is -1.77. The van der Waals surface area contributed by atoms with E-state index in [1.807, 2.05) is 0 Å². The Bertz CT molecular complexity index is 6.85. The van der Waals surface area contributed by atoms with Gasteiger partial charge in [0.05, 0.1) is 0 Å². The van der Waals surface area contributed by atoms with Crippen LogP contribution >= 0.6 is 0 Å². The highest BCUT2D eigenvalue weighted by atomic mass is 28.2. The van der Waals surface area contributed by atoms with Crippen LogP contribution in [-0.2, 0) is 0 Å². The van der Waals surface area contributed by atoms with E-state index in [0.29, 0.717) is 0 Å². The molecule has 0 aliphatic heterocycles. The summed E-state index contributed by atoms with van der Waals surface area (Å²) in [7, 11) is -0.833. The first-order valence-electron chi connectivity index (χ1n) is 0.996. The van der Waals surface area contributed by atoms with E-state index in [9.17, 15) is 0 Å². The molecular weight excluding hydrogens is 80.1 g/mol. The summed E-state index contributed by atoms with van der Waals surface area (Å²) in [5, 5.41) is 0. The number of hydrogen-bond acceptors (Lipinski definition) is 1. The van der Waals surface area contributed by atoms with Gasteiger partial charge >= 0.3 is 0 Å². The van der Waals surface area contributed by atoms with Crippen molar-refractivity contribution in [2.45, 2.75) is 21.4 Å². The molecule has 0 N–H and O–H groups in total. The van der Waals surface area contributed by atoms with Gasteiger partial charge in [-0.2, -0.15) is 0 Å². The largest absolute Gasteiger partial charge is 0.863 e. The molecule has 0 fully saturated rings. The molecule has 1 nitrogen and oxygen atoms in total. The summed E-state index contributed by atoms with van der Waals surface area (Å²) in [6.45, 7) is 1.71. The molecule has 2 heteroatoms. The monoisotopic (exact) mass is 93.1 g/mol. The zero-order valence-corrected chi connectivity index (χ0v) is 3.53. The molecule has 0 aromatic heterocycles. The molecule has 0 spiro atoms. The van der Waals surface area contributed by atoms with E-state index < -0.39 is 9.76 Å². The minimum atomic E-state index is -0.833. The molecule has 0 saturated carbocycles. The van der Waals surface area contributed by atoms with Crippen molar-refractivity contribution in [1.29, 1.82) is 0 Å². The maximum Gasteiger partial charge on any atom is -0.0776 e. The first kappa shape index (κ1) is 19.1. The van der Waals surface area contributed by atoms with E-state index in [-0.39, 0.29) is 14.9 Å². The van der Waals surface area contributed by atoms with Crippen molar-refractivity contribution >= 4 is 9.76 Å². The van der Waals surface area contributed by atoms with Crippen molar-refractivity contribution in [2.24, 2.45) is 0 Å². The van der Waals surface area contributed by atoms with Crippen LogP contribution in [0.1, 0.15) is 14.9 Å². The highest BCUT2D eigenvalue weighted by Crippen LogP contribution is 1.14. The van der Waals surface area contributed by atoms with E-state index in [4.69, 9.17) is 4.80 Å². The standard InChI is InChI=1S/CH5OSi.2CH4/c1-3-2;;/h3H2,1H3;2*1H4/q-1;;. The summed E-state index contributed by atoms with van der Waals surface area (Å²) in [5.41, 5.74) is 0. The molecule has 36 valence electrons. The first-order chi connectivity index (χ1) is 1.41. The SMILES string of the molecule is C.C.C[SiH2][O-]. The minimum absolute atomic E-state index is 0. The molecule has 0 heterocycles. The van der Waals surface area contributed by atoms with Crippen molar-refractivity contribution in [3.05, 3.63) is 0 Å². The number of hydrogen-bond donors (Lipinski definition) is 0. The maximum absolute atomic E-state index is 9.07. The van der Waals surface area contributed by atoms with Gasteiger partial charge in [0.25, 0.3) is 0 Å². The van der Waals surface area contributed by atoms with Crippen LogP contribution in [0.3, 0.4) is 0 Å². The third kappa shape index (κ3) is 633. The predicted molar refractivity (Wildman–Crippen MR) is 27.9 cm³/mol. The van der Waals surface area contributed by atoms with Crippen molar-refractivity contribution in [1.82, 2.24) is 0 Å². The Morgan fingerprint density at radius 2 is 1.40 bits per heavy atom. The average molecular weight is 93.2 g/mol. The Morgan fingerprint density at radius 3 is 1.40 bits per heavy atom. The lowest BCUT2D eigenvalue weighted by Crippen LogP contribution is -2.02. The zero-order chi connectivity index (χ0) is 2.71. The van der Waals surface area contributed by atoms with Gasteiger partial charge in [0.2, 0.25) is 0 Å². The van der Waals surface area contributed by atoms with Crippen LogP contribution in [0, 0.1) is 0 Å². The van der Waals surface area contributed by atoms with Gasteiger partial charge in [-0.1, -0.05) is 31.2 Å². The summed E-state index contributed by atoms with van der Waals surface area (Å²) in [6, 6.07) is 0. The Kier molecular flexibility index (Phi) is 116. The van der Waals surface area contributed by atoms with E-state index in [2.05, 4.69) is 0 Å². The van der Waals surface area contributed by atoms with Crippen LogP contribution in [0.2, 0.25) is 6.55 Å². The van der Waals surface area contributed by atoms with Gasteiger partial charge in [-0.25, -0.2) is 0 Å². The van der Waals surface area contributed by atoms with Crippen molar-refractivity contribution < 1.29 is 4.80 Å². The van der Waals surface area contributed by atoms with Gasteiger partial charge in [0.15, 0.2) is 0 Å². The second-order valence-corrected chi connectivity index (χ2v) is 0.866.